The lowest BCUT2D eigenvalue weighted by molar-refractivity contribution is -0.144. The molecule has 0 saturated carbocycles. The van der Waals surface area contributed by atoms with Crippen molar-refractivity contribution in [2.45, 2.75) is 32.4 Å². The molecule has 1 amide bonds. The van der Waals surface area contributed by atoms with E-state index in [1.54, 1.807) is 6.92 Å². The van der Waals surface area contributed by atoms with E-state index < -0.39 is 24.9 Å². The second-order valence-electron chi connectivity index (χ2n) is 3.54. The van der Waals surface area contributed by atoms with Gasteiger partial charge in [0.05, 0.1) is 6.42 Å². The van der Waals surface area contributed by atoms with Crippen LogP contribution in [-0.4, -0.2) is 30.3 Å². The van der Waals surface area contributed by atoms with Gasteiger partial charge in [-0.2, -0.15) is 13.2 Å². The molecule has 2 N–H and O–H groups in total. The molecule has 0 aromatic carbocycles. The number of hydrogen-bond acceptors (Lipinski definition) is 2. The highest BCUT2D eigenvalue weighted by molar-refractivity contribution is 5.75. The Balaban J connectivity index is 3.58. The lowest BCUT2D eigenvalue weighted by Gasteiger charge is -2.11. The molecule has 0 fully saturated rings. The van der Waals surface area contributed by atoms with Crippen LogP contribution in [0, 0.1) is 5.92 Å². The van der Waals surface area contributed by atoms with Gasteiger partial charge in [0.25, 0.3) is 0 Å². The zero-order valence-corrected chi connectivity index (χ0v) is 8.60. The number of carbonyl (C=O) groups excluding carboxylic acids is 1. The Morgan fingerprint density at radius 3 is 2.53 bits per heavy atom. The van der Waals surface area contributed by atoms with Crippen molar-refractivity contribution in [2.24, 2.45) is 5.92 Å². The smallest absolute Gasteiger partial charge is 0.389 e. The summed E-state index contributed by atoms with van der Waals surface area (Å²) in [5.41, 5.74) is 0. The number of rotatable bonds is 6. The van der Waals surface area contributed by atoms with Crippen molar-refractivity contribution in [3.8, 4) is 0 Å². The Morgan fingerprint density at radius 2 is 2.07 bits per heavy atom. The van der Waals surface area contributed by atoms with Gasteiger partial charge in [-0.05, 0) is 12.3 Å². The summed E-state index contributed by atoms with van der Waals surface area (Å²) in [6.45, 7) is 2.12. The second kappa shape index (κ2) is 6.66. The molecule has 0 aliphatic carbocycles. The van der Waals surface area contributed by atoms with Crippen LogP contribution in [0.25, 0.3) is 0 Å². The van der Waals surface area contributed by atoms with Crippen LogP contribution >= 0.6 is 0 Å². The van der Waals surface area contributed by atoms with Gasteiger partial charge in [0.15, 0.2) is 0 Å². The summed E-state index contributed by atoms with van der Waals surface area (Å²) >= 11 is 0. The molecule has 6 heteroatoms. The van der Waals surface area contributed by atoms with E-state index in [1.807, 2.05) is 0 Å². The zero-order valence-electron chi connectivity index (χ0n) is 8.60. The zero-order chi connectivity index (χ0) is 11.9. The topological polar surface area (TPSA) is 49.3 Å². The fraction of sp³-hybridized carbons (Fsp3) is 0.889. The summed E-state index contributed by atoms with van der Waals surface area (Å²) in [5.74, 6) is -0.526. The number of carbonyl (C=O) groups is 1. The minimum Gasteiger partial charge on any atom is -0.396 e. The van der Waals surface area contributed by atoms with E-state index in [9.17, 15) is 18.0 Å². The standard InChI is InChI=1S/C9H16F3NO2/c1-7(3-5-14)6-13-8(15)2-4-9(10,11)12/h7,14H,2-6H2,1H3,(H,13,15). The van der Waals surface area contributed by atoms with Crippen molar-refractivity contribution in [1.29, 1.82) is 0 Å². The second-order valence-corrected chi connectivity index (χ2v) is 3.54. The molecule has 0 rings (SSSR count). The predicted octanol–water partition coefficient (Wildman–Crippen LogP) is 1.46. The maximum atomic E-state index is 11.7. The molecule has 1 atom stereocenters. The summed E-state index contributed by atoms with van der Waals surface area (Å²) in [6.07, 6.45) is -5.38. The highest BCUT2D eigenvalue weighted by Gasteiger charge is 2.27. The molecule has 0 bridgehead atoms. The van der Waals surface area contributed by atoms with E-state index >= 15 is 0 Å². The maximum Gasteiger partial charge on any atom is 0.389 e. The number of aliphatic hydroxyl groups is 1. The molecule has 90 valence electrons. The van der Waals surface area contributed by atoms with Crippen LogP contribution in [0.5, 0.6) is 0 Å². The van der Waals surface area contributed by atoms with Crippen LogP contribution in [0.15, 0.2) is 0 Å². The SMILES string of the molecule is CC(CCO)CNC(=O)CCC(F)(F)F. The van der Waals surface area contributed by atoms with Crippen molar-refractivity contribution in [1.82, 2.24) is 5.32 Å². The third kappa shape index (κ3) is 9.52. The van der Waals surface area contributed by atoms with Crippen LogP contribution in [0.2, 0.25) is 0 Å². The van der Waals surface area contributed by atoms with Crippen LogP contribution in [0.3, 0.4) is 0 Å². The summed E-state index contributed by atoms with van der Waals surface area (Å²) in [5, 5.41) is 10.9. The molecular formula is C9H16F3NO2. The average molecular weight is 227 g/mol. The molecule has 15 heavy (non-hydrogen) atoms. The first-order valence-corrected chi connectivity index (χ1v) is 4.79. The van der Waals surface area contributed by atoms with E-state index in [2.05, 4.69) is 5.32 Å². The Kier molecular flexibility index (Phi) is 6.31. The van der Waals surface area contributed by atoms with Crippen molar-refractivity contribution in [2.75, 3.05) is 13.2 Å². The third-order valence-corrected chi connectivity index (χ3v) is 1.91. The van der Waals surface area contributed by atoms with Gasteiger partial charge in [-0.25, -0.2) is 0 Å². The minimum atomic E-state index is -4.28. The molecule has 0 aromatic heterocycles. The average Bonchev–Trinajstić information content (AvgIpc) is 2.11. The Labute approximate surface area is 86.7 Å². The van der Waals surface area contributed by atoms with Crippen molar-refractivity contribution >= 4 is 5.91 Å². The fourth-order valence-corrected chi connectivity index (χ4v) is 0.954. The van der Waals surface area contributed by atoms with Crippen LogP contribution < -0.4 is 5.32 Å². The van der Waals surface area contributed by atoms with Crippen LogP contribution in [0.1, 0.15) is 26.2 Å². The van der Waals surface area contributed by atoms with Gasteiger partial charge in [0, 0.05) is 19.6 Å². The number of halogens is 3. The first-order chi connectivity index (χ1) is 6.85. The Bertz CT molecular complexity index is 194. The number of nitrogens with one attached hydrogen (secondary N) is 1. The molecule has 0 aliphatic heterocycles. The van der Waals surface area contributed by atoms with Gasteiger partial charge < -0.3 is 10.4 Å². The summed E-state index contributed by atoms with van der Waals surface area (Å²) in [4.78, 5) is 10.9. The van der Waals surface area contributed by atoms with Gasteiger partial charge in [0.1, 0.15) is 0 Å². The van der Waals surface area contributed by atoms with Gasteiger partial charge >= 0.3 is 6.18 Å². The molecule has 3 nitrogen and oxygen atoms in total. The van der Waals surface area contributed by atoms with E-state index in [1.165, 1.54) is 0 Å². The molecule has 0 aromatic rings. The Morgan fingerprint density at radius 1 is 1.47 bits per heavy atom. The van der Waals surface area contributed by atoms with Crippen LogP contribution in [0.4, 0.5) is 13.2 Å². The monoisotopic (exact) mass is 227 g/mol. The molecule has 1 unspecified atom stereocenters. The number of aliphatic hydroxyl groups excluding tert-OH is 1. The van der Waals surface area contributed by atoms with Crippen molar-refractivity contribution in [3.63, 3.8) is 0 Å². The van der Waals surface area contributed by atoms with Gasteiger partial charge in [-0.3, -0.25) is 4.79 Å². The lowest BCUT2D eigenvalue weighted by atomic mass is 10.1. The molecule has 0 radical (unpaired) electrons. The lowest BCUT2D eigenvalue weighted by Crippen LogP contribution is -2.29. The molecule has 0 saturated heterocycles. The number of alkyl halides is 3. The Hall–Kier alpha value is -0.780. The fourth-order valence-electron chi connectivity index (χ4n) is 0.954. The van der Waals surface area contributed by atoms with Crippen LogP contribution in [-0.2, 0) is 4.79 Å². The van der Waals surface area contributed by atoms with Gasteiger partial charge in [-0.1, -0.05) is 6.92 Å². The normalized spacial score (nSPS) is 13.7. The molecular weight excluding hydrogens is 211 g/mol. The molecule has 0 heterocycles. The first kappa shape index (κ1) is 14.2. The van der Waals surface area contributed by atoms with Gasteiger partial charge in [-0.15, -0.1) is 0 Å². The van der Waals surface area contributed by atoms with Crippen molar-refractivity contribution in [3.05, 3.63) is 0 Å². The van der Waals surface area contributed by atoms with E-state index in [-0.39, 0.29) is 12.5 Å². The van der Waals surface area contributed by atoms with E-state index in [0.717, 1.165) is 0 Å². The highest BCUT2D eigenvalue weighted by atomic mass is 19.4. The quantitative estimate of drug-likeness (QED) is 0.721. The first-order valence-electron chi connectivity index (χ1n) is 4.79. The predicted molar refractivity (Wildman–Crippen MR) is 49.2 cm³/mol. The van der Waals surface area contributed by atoms with Gasteiger partial charge in [0.2, 0.25) is 5.91 Å². The molecule has 0 aliphatic rings. The largest absolute Gasteiger partial charge is 0.396 e. The van der Waals surface area contributed by atoms with Crippen molar-refractivity contribution < 1.29 is 23.1 Å². The summed E-state index contributed by atoms with van der Waals surface area (Å²) < 4.78 is 35.2. The van der Waals surface area contributed by atoms with E-state index in [4.69, 9.17) is 5.11 Å². The maximum absolute atomic E-state index is 11.7. The van der Waals surface area contributed by atoms with E-state index in [0.29, 0.717) is 13.0 Å². The minimum absolute atomic E-state index is 0.0135. The number of hydrogen-bond donors (Lipinski definition) is 2. The third-order valence-electron chi connectivity index (χ3n) is 1.91. The molecule has 0 spiro atoms. The number of amides is 1. The highest BCUT2D eigenvalue weighted by Crippen LogP contribution is 2.20. The summed E-state index contributed by atoms with van der Waals surface area (Å²) in [7, 11) is 0. The summed E-state index contributed by atoms with van der Waals surface area (Å²) in [6, 6.07) is 0.